The first kappa shape index (κ1) is 14.9. The van der Waals surface area contributed by atoms with E-state index in [0.717, 1.165) is 32.0 Å². The van der Waals surface area contributed by atoms with Gasteiger partial charge in [-0.2, -0.15) is 0 Å². The van der Waals surface area contributed by atoms with Gasteiger partial charge in [0.2, 0.25) is 0 Å². The van der Waals surface area contributed by atoms with Crippen molar-refractivity contribution in [2.45, 2.75) is 45.1 Å². The summed E-state index contributed by atoms with van der Waals surface area (Å²) in [4.78, 5) is 2.49. The van der Waals surface area contributed by atoms with E-state index in [1.54, 1.807) is 7.11 Å². The highest BCUT2D eigenvalue weighted by Gasteiger charge is 2.41. The van der Waals surface area contributed by atoms with E-state index in [2.05, 4.69) is 25.8 Å². The van der Waals surface area contributed by atoms with Crippen LogP contribution in [0, 0.1) is 11.8 Å². The number of ether oxygens (including phenoxy) is 1. The van der Waals surface area contributed by atoms with E-state index in [9.17, 15) is 0 Å². The van der Waals surface area contributed by atoms with Gasteiger partial charge >= 0.3 is 0 Å². The van der Waals surface area contributed by atoms with E-state index in [-0.39, 0.29) is 5.54 Å². The normalized spacial score (nSPS) is 34.2. The third kappa shape index (κ3) is 3.43. The minimum absolute atomic E-state index is 0.222. The van der Waals surface area contributed by atoms with Crippen molar-refractivity contribution in [2.24, 2.45) is 17.6 Å². The zero-order valence-corrected chi connectivity index (χ0v) is 12.0. The summed E-state index contributed by atoms with van der Waals surface area (Å²) in [7, 11) is 4.00. The predicted octanol–water partition coefficient (Wildman–Crippen LogP) is 2.11. The first-order valence-corrected chi connectivity index (χ1v) is 6.97. The second kappa shape index (κ2) is 6.72. The Morgan fingerprint density at radius 3 is 2.65 bits per heavy atom. The Balaban J connectivity index is 2.60. The second-order valence-electron chi connectivity index (χ2n) is 5.86. The maximum absolute atomic E-state index is 6.11. The number of nitrogens with zero attached hydrogens (tertiary/aromatic N) is 1. The molecular formula is C14H30N2O. The molecule has 0 aromatic rings. The van der Waals surface area contributed by atoms with E-state index >= 15 is 0 Å². The zero-order chi connectivity index (χ0) is 12.9. The molecule has 0 bridgehead atoms. The Kier molecular flexibility index (Phi) is 5.90. The number of hydrogen-bond acceptors (Lipinski definition) is 3. The third-order valence-corrected chi connectivity index (χ3v) is 4.70. The largest absolute Gasteiger partial charge is 0.385 e. The van der Waals surface area contributed by atoms with Crippen LogP contribution in [0.5, 0.6) is 0 Å². The third-order valence-electron chi connectivity index (χ3n) is 4.70. The summed E-state index contributed by atoms with van der Waals surface area (Å²) in [5, 5.41) is 0. The number of rotatable bonds is 6. The van der Waals surface area contributed by atoms with Gasteiger partial charge in [0, 0.05) is 32.3 Å². The molecule has 1 aliphatic carbocycles. The van der Waals surface area contributed by atoms with Crippen LogP contribution in [0.4, 0.5) is 0 Å². The van der Waals surface area contributed by atoms with Gasteiger partial charge in [-0.05, 0) is 44.6 Å². The van der Waals surface area contributed by atoms with Gasteiger partial charge in [-0.25, -0.2) is 0 Å². The van der Waals surface area contributed by atoms with Crippen molar-refractivity contribution in [2.75, 3.05) is 33.9 Å². The minimum atomic E-state index is 0.222. The van der Waals surface area contributed by atoms with Crippen LogP contribution in [-0.4, -0.2) is 44.3 Å². The maximum Gasteiger partial charge on any atom is 0.0474 e. The Hall–Kier alpha value is -0.120. The molecule has 102 valence electrons. The molecule has 1 saturated carbocycles. The van der Waals surface area contributed by atoms with Crippen molar-refractivity contribution in [1.29, 1.82) is 0 Å². The fourth-order valence-corrected chi connectivity index (χ4v) is 3.38. The lowest BCUT2D eigenvalue weighted by Gasteiger charge is -2.50. The number of likely N-dealkylation sites (N-methyl/N-ethyl adjacent to an activating group) is 1. The van der Waals surface area contributed by atoms with Gasteiger partial charge in [-0.3, -0.25) is 4.90 Å². The molecule has 3 unspecified atom stereocenters. The molecule has 3 atom stereocenters. The molecule has 17 heavy (non-hydrogen) atoms. The molecule has 0 amide bonds. The van der Waals surface area contributed by atoms with Crippen LogP contribution in [0.1, 0.15) is 39.5 Å². The Morgan fingerprint density at radius 2 is 2.12 bits per heavy atom. The van der Waals surface area contributed by atoms with Crippen molar-refractivity contribution in [3.05, 3.63) is 0 Å². The van der Waals surface area contributed by atoms with E-state index in [1.165, 1.54) is 19.3 Å². The van der Waals surface area contributed by atoms with E-state index in [0.29, 0.717) is 5.92 Å². The minimum Gasteiger partial charge on any atom is -0.385 e. The lowest BCUT2D eigenvalue weighted by Crippen LogP contribution is -2.58. The molecule has 0 radical (unpaired) electrons. The van der Waals surface area contributed by atoms with Gasteiger partial charge in [-0.1, -0.05) is 13.8 Å². The van der Waals surface area contributed by atoms with Gasteiger partial charge in [0.05, 0.1) is 0 Å². The number of nitrogens with two attached hydrogens (primary N) is 1. The van der Waals surface area contributed by atoms with Crippen LogP contribution in [0.15, 0.2) is 0 Å². The Bertz CT molecular complexity index is 222. The SMILES string of the molecule is COCCCN(C)C1(CN)CCC(C)CC1C. The second-order valence-corrected chi connectivity index (χ2v) is 5.86. The number of methoxy groups -OCH3 is 1. The summed E-state index contributed by atoms with van der Waals surface area (Å²) in [6.07, 6.45) is 4.97. The van der Waals surface area contributed by atoms with Crippen LogP contribution in [0.25, 0.3) is 0 Å². The summed E-state index contributed by atoms with van der Waals surface area (Å²) >= 11 is 0. The lowest BCUT2D eigenvalue weighted by molar-refractivity contribution is 0.0136. The van der Waals surface area contributed by atoms with Crippen molar-refractivity contribution in [3.63, 3.8) is 0 Å². The fraction of sp³-hybridized carbons (Fsp3) is 1.00. The average Bonchev–Trinajstić information content (AvgIpc) is 2.30. The molecule has 1 aliphatic rings. The van der Waals surface area contributed by atoms with Gasteiger partial charge in [-0.15, -0.1) is 0 Å². The molecule has 1 fully saturated rings. The fourth-order valence-electron chi connectivity index (χ4n) is 3.38. The molecule has 0 spiro atoms. The first-order valence-electron chi connectivity index (χ1n) is 6.97. The highest BCUT2D eigenvalue weighted by atomic mass is 16.5. The predicted molar refractivity (Wildman–Crippen MR) is 73.1 cm³/mol. The van der Waals surface area contributed by atoms with Crippen LogP contribution in [0.2, 0.25) is 0 Å². The molecule has 0 aromatic heterocycles. The molecule has 0 aromatic carbocycles. The highest BCUT2D eigenvalue weighted by Crippen LogP contribution is 2.39. The first-order chi connectivity index (χ1) is 8.06. The monoisotopic (exact) mass is 242 g/mol. The van der Waals surface area contributed by atoms with Crippen LogP contribution in [0.3, 0.4) is 0 Å². The highest BCUT2D eigenvalue weighted by molar-refractivity contribution is 4.98. The molecule has 3 nitrogen and oxygen atoms in total. The van der Waals surface area contributed by atoms with Gasteiger partial charge in [0.15, 0.2) is 0 Å². The summed E-state index contributed by atoms with van der Waals surface area (Å²) in [5.41, 5.74) is 6.33. The molecule has 0 aliphatic heterocycles. The summed E-state index contributed by atoms with van der Waals surface area (Å²) in [6.45, 7) is 7.45. The maximum atomic E-state index is 6.11. The lowest BCUT2D eigenvalue weighted by atomic mass is 9.69. The van der Waals surface area contributed by atoms with Crippen LogP contribution >= 0.6 is 0 Å². The summed E-state index contributed by atoms with van der Waals surface area (Å²) < 4.78 is 5.13. The van der Waals surface area contributed by atoms with Crippen molar-refractivity contribution < 1.29 is 4.74 Å². The summed E-state index contributed by atoms with van der Waals surface area (Å²) in [6, 6.07) is 0. The van der Waals surface area contributed by atoms with Crippen molar-refractivity contribution in [3.8, 4) is 0 Å². The quantitative estimate of drug-likeness (QED) is 0.725. The zero-order valence-electron chi connectivity index (χ0n) is 12.0. The van der Waals surface area contributed by atoms with E-state index in [4.69, 9.17) is 10.5 Å². The van der Waals surface area contributed by atoms with E-state index < -0.39 is 0 Å². The van der Waals surface area contributed by atoms with Crippen molar-refractivity contribution >= 4 is 0 Å². The molecule has 1 rings (SSSR count). The molecule has 2 N–H and O–H groups in total. The van der Waals surface area contributed by atoms with Gasteiger partial charge in [0.25, 0.3) is 0 Å². The molecular weight excluding hydrogens is 212 g/mol. The molecule has 3 heteroatoms. The van der Waals surface area contributed by atoms with Crippen molar-refractivity contribution in [1.82, 2.24) is 4.90 Å². The van der Waals surface area contributed by atoms with Crippen LogP contribution < -0.4 is 5.73 Å². The van der Waals surface area contributed by atoms with E-state index in [1.807, 2.05) is 0 Å². The smallest absolute Gasteiger partial charge is 0.0474 e. The topological polar surface area (TPSA) is 38.5 Å². The van der Waals surface area contributed by atoms with Gasteiger partial charge in [0.1, 0.15) is 0 Å². The number of hydrogen-bond donors (Lipinski definition) is 1. The van der Waals surface area contributed by atoms with Crippen LogP contribution in [-0.2, 0) is 4.74 Å². The summed E-state index contributed by atoms with van der Waals surface area (Å²) in [5.74, 6) is 1.56. The molecule has 0 heterocycles. The Morgan fingerprint density at radius 1 is 1.41 bits per heavy atom. The average molecular weight is 242 g/mol. The Labute approximate surface area is 107 Å². The molecule has 0 saturated heterocycles. The van der Waals surface area contributed by atoms with Gasteiger partial charge < -0.3 is 10.5 Å². The standard InChI is InChI=1S/C14H30N2O/c1-12-6-7-14(11-15,13(2)10-12)16(3)8-5-9-17-4/h12-13H,5-11,15H2,1-4H3.